The minimum atomic E-state index is 0.340. The van der Waals surface area contributed by atoms with Gasteiger partial charge in [-0.1, -0.05) is 38.1 Å². The Morgan fingerprint density at radius 3 is 2.57 bits per heavy atom. The zero-order chi connectivity index (χ0) is 21.3. The van der Waals surface area contributed by atoms with Gasteiger partial charge in [0.2, 0.25) is 0 Å². The van der Waals surface area contributed by atoms with E-state index in [2.05, 4.69) is 79.0 Å². The number of fused-ring (bicyclic) bond motifs is 2. The molecular weight excluding hydrogens is 372 g/mol. The summed E-state index contributed by atoms with van der Waals surface area (Å²) in [7, 11) is 0. The topological polar surface area (TPSA) is 64.3 Å². The minimum Gasteiger partial charge on any atom is -0.493 e. The molecule has 2 N–H and O–H groups in total. The number of hydrogen-bond donors (Lipinski definition) is 1. The van der Waals surface area contributed by atoms with E-state index in [9.17, 15) is 0 Å². The number of nitrogens with zero attached hydrogens (tertiary/aromatic N) is 3. The van der Waals surface area contributed by atoms with Gasteiger partial charge in [-0.2, -0.15) is 0 Å². The second-order valence-electron chi connectivity index (χ2n) is 8.58. The van der Waals surface area contributed by atoms with Crippen LogP contribution in [0.3, 0.4) is 0 Å². The van der Waals surface area contributed by atoms with E-state index < -0.39 is 0 Å². The number of ether oxygens (including phenoxy) is 1. The van der Waals surface area contributed by atoms with Crippen LogP contribution in [-0.2, 0) is 0 Å². The molecule has 0 amide bonds. The minimum absolute atomic E-state index is 0.340. The smallest absolute Gasteiger partial charge is 0.142 e. The predicted octanol–water partition coefficient (Wildman–Crippen LogP) is 5.30. The third kappa shape index (κ3) is 3.97. The lowest BCUT2D eigenvalue weighted by molar-refractivity contribution is 0.271. The highest BCUT2D eigenvalue weighted by Crippen LogP contribution is 2.38. The normalized spacial score (nSPS) is 14.1. The summed E-state index contributed by atoms with van der Waals surface area (Å²) in [6, 6.07) is 13.1. The molecule has 30 heavy (non-hydrogen) atoms. The quantitative estimate of drug-likeness (QED) is 0.628. The molecule has 156 valence electrons. The molecule has 1 aromatic heterocycles. The van der Waals surface area contributed by atoms with Crippen LogP contribution in [0.1, 0.15) is 45.2 Å². The van der Waals surface area contributed by atoms with Gasteiger partial charge in [0.05, 0.1) is 12.2 Å². The molecule has 0 unspecified atom stereocenters. The fourth-order valence-electron chi connectivity index (χ4n) is 3.93. The van der Waals surface area contributed by atoms with E-state index in [1.807, 2.05) is 6.07 Å². The van der Waals surface area contributed by atoms with Crippen molar-refractivity contribution in [3.8, 4) is 5.75 Å². The van der Waals surface area contributed by atoms with Gasteiger partial charge in [0, 0.05) is 12.6 Å². The highest BCUT2D eigenvalue weighted by molar-refractivity contribution is 5.94. The fraction of sp³-hybridized carbons (Fsp3) is 0.360. The van der Waals surface area contributed by atoms with E-state index in [1.165, 1.54) is 5.39 Å². The molecule has 1 aliphatic rings. The largest absolute Gasteiger partial charge is 0.493 e. The van der Waals surface area contributed by atoms with Crippen molar-refractivity contribution in [2.24, 2.45) is 5.92 Å². The van der Waals surface area contributed by atoms with Crippen LogP contribution in [0.15, 0.2) is 48.8 Å². The van der Waals surface area contributed by atoms with Gasteiger partial charge in [-0.25, -0.2) is 9.97 Å². The van der Waals surface area contributed by atoms with E-state index in [4.69, 9.17) is 10.5 Å². The van der Waals surface area contributed by atoms with Gasteiger partial charge < -0.3 is 15.4 Å². The number of rotatable bonds is 5. The Balaban J connectivity index is 1.75. The zero-order valence-corrected chi connectivity index (χ0v) is 18.2. The second kappa shape index (κ2) is 8.34. The Kier molecular flexibility index (Phi) is 5.62. The molecule has 5 nitrogen and oxygen atoms in total. The Morgan fingerprint density at radius 2 is 1.80 bits per heavy atom. The Bertz CT molecular complexity index is 1090. The highest BCUT2D eigenvalue weighted by Gasteiger charge is 2.24. The van der Waals surface area contributed by atoms with Gasteiger partial charge in [-0.15, -0.1) is 0 Å². The summed E-state index contributed by atoms with van der Waals surface area (Å²) < 4.78 is 5.89. The lowest BCUT2D eigenvalue weighted by Crippen LogP contribution is -2.32. The van der Waals surface area contributed by atoms with Crippen molar-refractivity contribution >= 4 is 28.0 Å². The summed E-state index contributed by atoms with van der Waals surface area (Å²) in [4.78, 5) is 11.2. The average molecular weight is 403 g/mol. The van der Waals surface area contributed by atoms with E-state index in [1.54, 1.807) is 6.33 Å². The number of anilines is 2. The third-order valence-electron chi connectivity index (χ3n) is 5.45. The molecule has 3 aromatic rings. The van der Waals surface area contributed by atoms with Gasteiger partial charge in [-0.05, 0) is 66.3 Å². The first kappa shape index (κ1) is 20.2. The number of aromatic nitrogens is 2. The van der Waals surface area contributed by atoms with Gasteiger partial charge in [-0.3, -0.25) is 0 Å². The molecule has 0 bridgehead atoms. The fourth-order valence-corrected chi connectivity index (χ4v) is 3.93. The van der Waals surface area contributed by atoms with Crippen molar-refractivity contribution in [3.05, 3.63) is 59.9 Å². The zero-order valence-electron chi connectivity index (χ0n) is 18.2. The first-order valence-electron chi connectivity index (χ1n) is 10.7. The summed E-state index contributed by atoms with van der Waals surface area (Å²) in [5, 5.41) is 2.34. The molecule has 2 aromatic carbocycles. The lowest BCUT2D eigenvalue weighted by Gasteiger charge is -2.28. The first-order chi connectivity index (χ1) is 14.4. The molecule has 0 atom stereocenters. The summed E-state index contributed by atoms with van der Waals surface area (Å²) in [6.07, 6.45) is 4.76. The summed E-state index contributed by atoms with van der Waals surface area (Å²) in [5.41, 5.74) is 9.52. The van der Waals surface area contributed by atoms with Gasteiger partial charge in [0.15, 0.2) is 0 Å². The maximum Gasteiger partial charge on any atom is 0.142 e. The highest BCUT2D eigenvalue weighted by atomic mass is 16.5. The van der Waals surface area contributed by atoms with Gasteiger partial charge in [0.25, 0.3) is 0 Å². The molecule has 0 saturated heterocycles. The first-order valence-corrected chi connectivity index (χ1v) is 10.7. The maximum absolute atomic E-state index is 6.36. The molecular formula is C25H30N4O. The standard InChI is InChI=1S/C25H30N4O/c1-16(2)14-30-21-10-9-18-12-20(8-7-19(18)13-21)22-6-5-11-29(17(3)4)25-23(22)24(26)27-15-28-25/h6-10,12-13,15-17H,5,11,14H2,1-4H3,(H2,26,27,28). The molecule has 0 fully saturated rings. The number of nitrogen functional groups attached to an aromatic ring is 1. The Hall–Kier alpha value is -3.08. The van der Waals surface area contributed by atoms with Crippen molar-refractivity contribution in [1.29, 1.82) is 0 Å². The number of nitrogens with two attached hydrogens (primary N) is 1. The molecule has 1 aliphatic heterocycles. The van der Waals surface area contributed by atoms with Crippen LogP contribution in [0.4, 0.5) is 11.6 Å². The molecule has 2 heterocycles. The number of benzene rings is 2. The third-order valence-corrected chi connectivity index (χ3v) is 5.45. The molecule has 5 heteroatoms. The van der Waals surface area contributed by atoms with Crippen LogP contribution in [0, 0.1) is 5.92 Å². The van der Waals surface area contributed by atoms with Crippen LogP contribution in [0.25, 0.3) is 16.3 Å². The van der Waals surface area contributed by atoms with Gasteiger partial charge in [0.1, 0.15) is 23.7 Å². The summed E-state index contributed by atoms with van der Waals surface area (Å²) >= 11 is 0. The van der Waals surface area contributed by atoms with Gasteiger partial charge >= 0.3 is 0 Å². The predicted molar refractivity (Wildman–Crippen MR) is 125 cm³/mol. The van der Waals surface area contributed by atoms with Crippen molar-refractivity contribution in [2.45, 2.75) is 40.2 Å². The SMILES string of the molecule is CC(C)COc1ccc2cc(C3=CCCN(C(C)C)c4ncnc(N)c43)ccc2c1. The van der Waals surface area contributed by atoms with Crippen LogP contribution < -0.4 is 15.4 Å². The number of hydrogen-bond acceptors (Lipinski definition) is 5. The van der Waals surface area contributed by atoms with Crippen LogP contribution in [0.5, 0.6) is 5.75 Å². The van der Waals surface area contributed by atoms with E-state index in [0.29, 0.717) is 17.8 Å². The lowest BCUT2D eigenvalue weighted by atomic mass is 9.95. The van der Waals surface area contributed by atoms with Crippen molar-refractivity contribution < 1.29 is 4.74 Å². The Labute approximate surface area is 178 Å². The van der Waals surface area contributed by atoms with Crippen molar-refractivity contribution in [2.75, 3.05) is 23.8 Å². The van der Waals surface area contributed by atoms with Crippen molar-refractivity contribution in [1.82, 2.24) is 9.97 Å². The molecule has 0 aliphatic carbocycles. The summed E-state index contributed by atoms with van der Waals surface area (Å²) in [5.74, 6) is 2.85. The van der Waals surface area contributed by atoms with Crippen LogP contribution >= 0.6 is 0 Å². The monoisotopic (exact) mass is 402 g/mol. The maximum atomic E-state index is 6.36. The van der Waals surface area contributed by atoms with Crippen LogP contribution in [0.2, 0.25) is 0 Å². The van der Waals surface area contributed by atoms with E-state index in [-0.39, 0.29) is 0 Å². The van der Waals surface area contributed by atoms with Crippen molar-refractivity contribution in [3.63, 3.8) is 0 Å². The van der Waals surface area contributed by atoms with Crippen LogP contribution in [-0.4, -0.2) is 29.2 Å². The second-order valence-corrected chi connectivity index (χ2v) is 8.58. The molecule has 0 radical (unpaired) electrons. The molecule has 0 spiro atoms. The molecule has 4 rings (SSSR count). The summed E-state index contributed by atoms with van der Waals surface area (Å²) in [6.45, 7) is 10.3. The Morgan fingerprint density at radius 1 is 1.03 bits per heavy atom. The van der Waals surface area contributed by atoms with E-state index in [0.717, 1.165) is 53.2 Å². The average Bonchev–Trinajstić information content (AvgIpc) is 2.92. The van der Waals surface area contributed by atoms with E-state index >= 15 is 0 Å². The molecule has 0 saturated carbocycles.